The normalized spacial score (nSPS) is 26.3. The van der Waals surface area contributed by atoms with Gasteiger partial charge >= 0.3 is 0 Å². The number of benzene rings is 1. The predicted octanol–water partition coefficient (Wildman–Crippen LogP) is 3.68. The SMILES string of the molecule is CC1CCC(=O)C(=CC=C2N(C)c3ccccc3C2(C)C)CN(C)C1=O. The molecule has 4 nitrogen and oxygen atoms in total. The van der Waals surface area contributed by atoms with Gasteiger partial charge in [0.15, 0.2) is 5.78 Å². The lowest BCUT2D eigenvalue weighted by molar-refractivity contribution is -0.134. The van der Waals surface area contributed by atoms with Crippen LogP contribution in [0.3, 0.4) is 0 Å². The summed E-state index contributed by atoms with van der Waals surface area (Å²) >= 11 is 0. The Morgan fingerprint density at radius 1 is 1.12 bits per heavy atom. The van der Waals surface area contributed by atoms with Gasteiger partial charge in [-0.05, 0) is 24.1 Å². The molecule has 3 rings (SSSR count). The Kier molecular flexibility index (Phi) is 4.78. The van der Waals surface area contributed by atoms with Crippen LogP contribution >= 0.6 is 0 Å². The number of ketones is 1. The van der Waals surface area contributed by atoms with E-state index >= 15 is 0 Å². The van der Waals surface area contributed by atoms with Gasteiger partial charge in [-0.2, -0.15) is 0 Å². The minimum Gasteiger partial charge on any atom is -0.347 e. The van der Waals surface area contributed by atoms with Crippen LogP contribution in [0.4, 0.5) is 5.69 Å². The van der Waals surface area contributed by atoms with Crippen molar-refractivity contribution >= 4 is 17.4 Å². The lowest BCUT2D eigenvalue weighted by Gasteiger charge is -2.26. The Morgan fingerprint density at radius 3 is 2.50 bits per heavy atom. The van der Waals surface area contributed by atoms with Crippen molar-refractivity contribution in [3.05, 3.63) is 53.3 Å². The molecule has 2 aliphatic heterocycles. The van der Waals surface area contributed by atoms with E-state index in [1.807, 2.05) is 19.1 Å². The standard InChI is InChI=1S/C22H28N2O2/c1-15-10-12-19(25)16(14-23(4)21(15)26)11-13-20-22(2,3)17-8-6-7-9-18(17)24(20)5/h6-9,11,13,15H,10,12,14H2,1-5H3. The second-order valence-electron chi connectivity index (χ2n) is 8.00. The summed E-state index contributed by atoms with van der Waals surface area (Å²) in [5.41, 5.74) is 4.23. The quantitative estimate of drug-likeness (QED) is 0.724. The number of para-hydroxylation sites is 1. The van der Waals surface area contributed by atoms with E-state index in [-0.39, 0.29) is 23.0 Å². The molecular weight excluding hydrogens is 324 g/mol. The number of hydrogen-bond donors (Lipinski definition) is 0. The maximum absolute atomic E-state index is 12.6. The molecule has 2 heterocycles. The molecule has 4 heteroatoms. The number of anilines is 1. The van der Waals surface area contributed by atoms with E-state index in [1.165, 1.54) is 11.3 Å². The molecule has 0 saturated carbocycles. The monoisotopic (exact) mass is 352 g/mol. The first-order valence-electron chi connectivity index (χ1n) is 9.26. The van der Waals surface area contributed by atoms with Crippen LogP contribution in [-0.2, 0) is 15.0 Å². The van der Waals surface area contributed by atoms with Crippen molar-refractivity contribution < 1.29 is 9.59 Å². The minimum atomic E-state index is -0.122. The summed E-state index contributed by atoms with van der Waals surface area (Å²) < 4.78 is 0. The van der Waals surface area contributed by atoms with E-state index < -0.39 is 0 Å². The van der Waals surface area contributed by atoms with E-state index in [0.717, 1.165) is 5.70 Å². The lowest BCUT2D eigenvalue weighted by atomic mass is 9.83. The highest BCUT2D eigenvalue weighted by molar-refractivity contribution is 5.97. The molecule has 1 aromatic rings. The third kappa shape index (κ3) is 3.09. The highest BCUT2D eigenvalue weighted by atomic mass is 16.2. The van der Waals surface area contributed by atoms with Crippen molar-refractivity contribution in [3.8, 4) is 0 Å². The maximum Gasteiger partial charge on any atom is 0.225 e. The van der Waals surface area contributed by atoms with E-state index in [4.69, 9.17) is 0 Å². The van der Waals surface area contributed by atoms with Gasteiger partial charge in [-0.3, -0.25) is 9.59 Å². The van der Waals surface area contributed by atoms with E-state index in [2.05, 4.69) is 50.1 Å². The highest BCUT2D eigenvalue weighted by Gasteiger charge is 2.37. The number of carbonyl (C=O) groups is 2. The molecule has 1 aromatic carbocycles. The van der Waals surface area contributed by atoms with Gasteiger partial charge in [-0.1, -0.05) is 45.0 Å². The number of likely N-dealkylation sites (N-methyl/N-ethyl adjacent to an activating group) is 2. The Labute approximate surface area is 156 Å². The van der Waals surface area contributed by atoms with Gasteiger partial charge in [0, 0.05) is 55.4 Å². The van der Waals surface area contributed by atoms with E-state index in [9.17, 15) is 9.59 Å². The summed E-state index contributed by atoms with van der Waals surface area (Å²) in [4.78, 5) is 28.7. The Morgan fingerprint density at radius 2 is 1.81 bits per heavy atom. The molecule has 0 bridgehead atoms. The predicted molar refractivity (Wildman–Crippen MR) is 105 cm³/mol. The number of likely N-dealkylation sites (tertiary alicyclic amines) is 1. The number of Topliss-reactive ketones (excluding diaryl/α,β-unsaturated/α-hetero) is 1. The van der Waals surface area contributed by atoms with E-state index in [0.29, 0.717) is 25.0 Å². The minimum absolute atomic E-state index is 0.0850. The Hall–Kier alpha value is -2.36. The first-order valence-corrected chi connectivity index (χ1v) is 9.26. The number of carbonyl (C=O) groups excluding carboxylic acids is 2. The largest absolute Gasteiger partial charge is 0.347 e. The van der Waals surface area contributed by atoms with Crippen LogP contribution in [-0.4, -0.2) is 37.2 Å². The molecule has 0 N–H and O–H groups in total. The molecule has 0 spiro atoms. The zero-order chi connectivity index (χ0) is 19.1. The summed E-state index contributed by atoms with van der Waals surface area (Å²) in [6, 6.07) is 8.40. The molecule has 0 aliphatic carbocycles. The van der Waals surface area contributed by atoms with Crippen molar-refractivity contribution in [2.24, 2.45) is 5.92 Å². The molecule has 0 aromatic heterocycles. The van der Waals surface area contributed by atoms with Crippen LogP contribution in [0.25, 0.3) is 0 Å². The molecule has 1 fully saturated rings. The fourth-order valence-corrected chi connectivity index (χ4v) is 4.06. The molecule has 26 heavy (non-hydrogen) atoms. The molecule has 1 unspecified atom stereocenters. The summed E-state index contributed by atoms with van der Waals surface area (Å²) in [7, 11) is 3.84. The summed E-state index contributed by atoms with van der Waals surface area (Å²) in [5, 5.41) is 0. The third-order valence-electron chi connectivity index (χ3n) is 5.75. The third-order valence-corrected chi connectivity index (χ3v) is 5.75. The number of amides is 1. The van der Waals surface area contributed by atoms with Gasteiger partial charge in [0.2, 0.25) is 5.91 Å². The molecular formula is C22H28N2O2. The Balaban J connectivity index is 1.94. The first-order chi connectivity index (χ1) is 12.2. The highest BCUT2D eigenvalue weighted by Crippen LogP contribution is 2.46. The summed E-state index contributed by atoms with van der Waals surface area (Å²) in [6.07, 6.45) is 5.03. The zero-order valence-corrected chi connectivity index (χ0v) is 16.4. The van der Waals surface area contributed by atoms with Crippen LogP contribution in [0.15, 0.2) is 47.7 Å². The van der Waals surface area contributed by atoms with Gasteiger partial charge in [-0.15, -0.1) is 0 Å². The van der Waals surface area contributed by atoms with Gasteiger partial charge in [-0.25, -0.2) is 0 Å². The maximum atomic E-state index is 12.6. The summed E-state index contributed by atoms with van der Waals surface area (Å²) in [6.45, 7) is 6.69. The second kappa shape index (κ2) is 6.75. The van der Waals surface area contributed by atoms with Gasteiger partial charge in [0.25, 0.3) is 0 Å². The van der Waals surface area contributed by atoms with Crippen molar-refractivity contribution in [1.29, 1.82) is 0 Å². The zero-order valence-electron chi connectivity index (χ0n) is 16.4. The second-order valence-corrected chi connectivity index (χ2v) is 8.00. The van der Waals surface area contributed by atoms with Crippen molar-refractivity contribution in [1.82, 2.24) is 4.90 Å². The average Bonchev–Trinajstić information content (AvgIpc) is 2.81. The fourth-order valence-electron chi connectivity index (χ4n) is 4.06. The molecule has 0 radical (unpaired) electrons. The van der Waals surface area contributed by atoms with Crippen LogP contribution in [0.1, 0.15) is 39.2 Å². The van der Waals surface area contributed by atoms with E-state index in [1.54, 1.807) is 11.9 Å². The number of hydrogen-bond acceptors (Lipinski definition) is 3. The topological polar surface area (TPSA) is 40.6 Å². The van der Waals surface area contributed by atoms with Crippen LogP contribution < -0.4 is 4.90 Å². The first kappa shape index (κ1) is 18.4. The van der Waals surface area contributed by atoms with Crippen molar-refractivity contribution in [2.45, 2.75) is 39.0 Å². The van der Waals surface area contributed by atoms with Crippen LogP contribution in [0, 0.1) is 5.92 Å². The Bertz CT molecular complexity index is 804. The number of rotatable bonds is 1. The van der Waals surface area contributed by atoms with Gasteiger partial charge in [0.05, 0.1) is 0 Å². The smallest absolute Gasteiger partial charge is 0.225 e. The molecule has 1 amide bonds. The molecule has 1 saturated heterocycles. The number of nitrogens with zero attached hydrogens (tertiary/aromatic N) is 2. The van der Waals surface area contributed by atoms with Crippen LogP contribution in [0.2, 0.25) is 0 Å². The van der Waals surface area contributed by atoms with Crippen molar-refractivity contribution in [2.75, 3.05) is 25.5 Å². The van der Waals surface area contributed by atoms with Crippen molar-refractivity contribution in [3.63, 3.8) is 0 Å². The molecule has 1 atom stereocenters. The van der Waals surface area contributed by atoms with Gasteiger partial charge < -0.3 is 9.80 Å². The average molecular weight is 352 g/mol. The number of allylic oxidation sites excluding steroid dienone is 3. The van der Waals surface area contributed by atoms with Crippen LogP contribution in [0.5, 0.6) is 0 Å². The molecule has 138 valence electrons. The fraction of sp³-hybridized carbons (Fsp3) is 0.455. The summed E-state index contributed by atoms with van der Waals surface area (Å²) in [5.74, 6) is 0.170. The van der Waals surface area contributed by atoms with Gasteiger partial charge in [0.1, 0.15) is 0 Å². The number of fused-ring (bicyclic) bond motifs is 1. The molecule has 2 aliphatic rings. The lowest BCUT2D eigenvalue weighted by Crippen LogP contribution is -2.36.